The third-order valence-electron chi connectivity index (χ3n) is 1.56. The predicted octanol–water partition coefficient (Wildman–Crippen LogP) is -0.252. The third-order valence-corrected chi connectivity index (χ3v) is 2.05. The molecule has 1 atom stereocenters. The number of aliphatic hydroxyl groups is 1. The number of aliphatic hydroxyl groups excluding tert-OH is 1. The molecule has 2 heterocycles. The van der Waals surface area contributed by atoms with Crippen molar-refractivity contribution in [2.24, 2.45) is 7.05 Å². The van der Waals surface area contributed by atoms with Gasteiger partial charge in [-0.25, -0.2) is 0 Å². The summed E-state index contributed by atoms with van der Waals surface area (Å²) in [5.74, 6) is 0. The fourth-order valence-corrected chi connectivity index (χ4v) is 1.38. The van der Waals surface area contributed by atoms with Crippen LogP contribution in [0.3, 0.4) is 0 Å². The molecule has 0 aliphatic heterocycles. The van der Waals surface area contributed by atoms with Crippen molar-refractivity contribution in [3.8, 4) is 0 Å². The maximum Gasteiger partial charge on any atom is 0.144 e. The van der Waals surface area contributed by atoms with E-state index in [4.69, 9.17) is 0 Å². The molecule has 0 bridgehead atoms. The summed E-state index contributed by atoms with van der Waals surface area (Å²) in [5, 5.41) is 17.2. The van der Waals surface area contributed by atoms with E-state index in [1.807, 2.05) is 0 Å². The molecule has 0 amide bonds. The number of hydrogen-bond donors (Lipinski definition) is 1. The van der Waals surface area contributed by atoms with Crippen LogP contribution in [0.2, 0.25) is 0 Å². The van der Waals surface area contributed by atoms with Crippen LogP contribution in [0.5, 0.6) is 0 Å². The molecule has 2 aromatic rings. The van der Waals surface area contributed by atoms with Crippen LogP contribution in [-0.2, 0) is 7.05 Å². The van der Waals surface area contributed by atoms with Gasteiger partial charge in [0, 0.05) is 7.05 Å². The maximum absolute atomic E-state index is 9.68. The van der Waals surface area contributed by atoms with Gasteiger partial charge in [0.2, 0.25) is 0 Å². The van der Waals surface area contributed by atoms with Gasteiger partial charge in [0.05, 0.1) is 24.1 Å². The van der Waals surface area contributed by atoms with Crippen LogP contribution in [0, 0.1) is 0 Å². The Labute approximate surface area is 78.2 Å². The molecule has 0 aliphatic rings. The first-order valence-electron chi connectivity index (χ1n) is 3.59. The minimum absolute atomic E-state index is 0.482. The zero-order valence-electron chi connectivity index (χ0n) is 6.82. The van der Waals surface area contributed by atoms with Crippen LogP contribution < -0.4 is 0 Å². The van der Waals surface area contributed by atoms with Crippen molar-refractivity contribution in [1.82, 2.24) is 23.7 Å². The lowest BCUT2D eigenvalue weighted by molar-refractivity contribution is 0.211. The van der Waals surface area contributed by atoms with E-state index in [1.165, 1.54) is 10.9 Å². The summed E-state index contributed by atoms with van der Waals surface area (Å²) in [6.07, 6.45) is 2.33. The van der Waals surface area contributed by atoms with E-state index in [9.17, 15) is 5.11 Å². The maximum atomic E-state index is 9.68. The molecule has 68 valence electrons. The minimum atomic E-state index is -0.826. The third kappa shape index (κ3) is 1.56. The number of nitrogens with zero attached hydrogens (tertiary/aromatic N) is 5. The van der Waals surface area contributed by atoms with Crippen molar-refractivity contribution in [3.63, 3.8) is 0 Å². The van der Waals surface area contributed by atoms with Gasteiger partial charge in [-0.15, -0.1) is 5.10 Å². The summed E-state index contributed by atoms with van der Waals surface area (Å²) in [6.45, 7) is 0. The average Bonchev–Trinajstić information content (AvgIpc) is 2.72. The van der Waals surface area contributed by atoms with Crippen molar-refractivity contribution in [3.05, 3.63) is 23.8 Å². The smallest absolute Gasteiger partial charge is 0.144 e. The molecule has 7 heteroatoms. The molecule has 1 unspecified atom stereocenters. The standard InChI is InChI=1S/C6H7N5OS/c1-11-3-5(8-10-11)6(12)4-2-7-13-9-4/h2-3,6,12H,1H3. The lowest BCUT2D eigenvalue weighted by Gasteiger charge is -2.00. The van der Waals surface area contributed by atoms with Crippen LogP contribution in [0.15, 0.2) is 12.4 Å². The largest absolute Gasteiger partial charge is 0.380 e. The zero-order chi connectivity index (χ0) is 9.26. The van der Waals surface area contributed by atoms with E-state index < -0.39 is 6.10 Å². The highest BCUT2D eigenvalue weighted by Gasteiger charge is 2.16. The van der Waals surface area contributed by atoms with Gasteiger partial charge in [0.25, 0.3) is 0 Å². The van der Waals surface area contributed by atoms with Crippen molar-refractivity contribution >= 4 is 11.7 Å². The van der Waals surface area contributed by atoms with Crippen molar-refractivity contribution in [2.75, 3.05) is 0 Å². The normalized spacial score (nSPS) is 13.1. The Balaban J connectivity index is 2.28. The summed E-state index contributed by atoms with van der Waals surface area (Å²) < 4.78 is 9.22. The monoisotopic (exact) mass is 197 g/mol. The molecular formula is C6H7N5OS. The van der Waals surface area contributed by atoms with Crippen molar-refractivity contribution < 1.29 is 5.11 Å². The molecule has 0 aliphatic carbocycles. The highest BCUT2D eigenvalue weighted by molar-refractivity contribution is 6.99. The number of aromatic nitrogens is 5. The fourth-order valence-electron chi connectivity index (χ4n) is 0.934. The van der Waals surface area contributed by atoms with Gasteiger partial charge in [-0.3, -0.25) is 4.68 Å². The Bertz CT molecular complexity index is 383. The Morgan fingerprint density at radius 3 is 2.92 bits per heavy atom. The van der Waals surface area contributed by atoms with Crippen LogP contribution in [-0.4, -0.2) is 28.8 Å². The van der Waals surface area contributed by atoms with Crippen LogP contribution in [0.25, 0.3) is 0 Å². The quantitative estimate of drug-likeness (QED) is 0.718. The van der Waals surface area contributed by atoms with Crippen molar-refractivity contribution in [1.29, 1.82) is 0 Å². The van der Waals surface area contributed by atoms with E-state index in [0.717, 1.165) is 11.7 Å². The molecule has 6 nitrogen and oxygen atoms in total. The van der Waals surface area contributed by atoms with Gasteiger partial charge < -0.3 is 5.11 Å². The van der Waals surface area contributed by atoms with Gasteiger partial charge in [0.15, 0.2) is 0 Å². The molecule has 2 aromatic heterocycles. The number of rotatable bonds is 2. The Kier molecular flexibility index (Phi) is 2.03. The second kappa shape index (κ2) is 3.19. The van der Waals surface area contributed by atoms with Gasteiger partial charge in [-0.2, -0.15) is 8.75 Å². The first-order valence-corrected chi connectivity index (χ1v) is 4.32. The molecule has 13 heavy (non-hydrogen) atoms. The van der Waals surface area contributed by atoms with E-state index in [-0.39, 0.29) is 0 Å². The summed E-state index contributed by atoms with van der Waals surface area (Å²) in [6, 6.07) is 0. The lowest BCUT2D eigenvalue weighted by atomic mass is 10.2. The number of aryl methyl sites for hydroxylation is 1. The SMILES string of the molecule is Cn1cc(C(O)c2cnsn2)nn1. The first-order chi connectivity index (χ1) is 6.27. The molecule has 0 saturated carbocycles. The molecule has 0 spiro atoms. The second-order valence-corrected chi connectivity index (χ2v) is 3.11. The zero-order valence-corrected chi connectivity index (χ0v) is 7.64. The van der Waals surface area contributed by atoms with Crippen LogP contribution >= 0.6 is 11.7 Å². The summed E-state index contributed by atoms with van der Waals surface area (Å²) in [4.78, 5) is 0. The Hall–Kier alpha value is -1.34. The highest BCUT2D eigenvalue weighted by Crippen LogP contribution is 2.16. The Morgan fingerprint density at radius 1 is 1.54 bits per heavy atom. The lowest BCUT2D eigenvalue weighted by Crippen LogP contribution is -1.99. The summed E-state index contributed by atoms with van der Waals surface area (Å²) in [7, 11) is 1.74. The fraction of sp³-hybridized carbons (Fsp3) is 0.333. The summed E-state index contributed by atoms with van der Waals surface area (Å²) >= 11 is 1.05. The highest BCUT2D eigenvalue weighted by atomic mass is 32.1. The molecule has 0 aromatic carbocycles. The van der Waals surface area contributed by atoms with Gasteiger partial charge in [-0.05, 0) is 0 Å². The van der Waals surface area contributed by atoms with Crippen molar-refractivity contribution in [2.45, 2.75) is 6.10 Å². The number of hydrogen-bond acceptors (Lipinski definition) is 6. The van der Waals surface area contributed by atoms with E-state index in [2.05, 4.69) is 19.1 Å². The molecule has 1 N–H and O–H groups in total. The second-order valence-electron chi connectivity index (χ2n) is 2.55. The average molecular weight is 197 g/mol. The summed E-state index contributed by atoms with van der Waals surface area (Å²) in [5.41, 5.74) is 0.987. The molecule has 0 fully saturated rings. The van der Waals surface area contributed by atoms with Gasteiger partial charge >= 0.3 is 0 Å². The molecule has 0 radical (unpaired) electrons. The van der Waals surface area contributed by atoms with E-state index in [1.54, 1.807) is 13.2 Å². The van der Waals surface area contributed by atoms with Gasteiger partial charge in [0.1, 0.15) is 17.5 Å². The molecule has 2 rings (SSSR count). The molecular weight excluding hydrogens is 190 g/mol. The Morgan fingerprint density at radius 2 is 2.38 bits per heavy atom. The van der Waals surface area contributed by atoms with E-state index >= 15 is 0 Å². The first kappa shape index (κ1) is 8.27. The topological polar surface area (TPSA) is 76.7 Å². The predicted molar refractivity (Wildman–Crippen MR) is 45.0 cm³/mol. The van der Waals surface area contributed by atoms with E-state index in [0.29, 0.717) is 11.4 Å². The minimum Gasteiger partial charge on any atom is -0.380 e. The van der Waals surface area contributed by atoms with Crippen LogP contribution in [0.1, 0.15) is 17.5 Å². The van der Waals surface area contributed by atoms with Gasteiger partial charge in [-0.1, -0.05) is 5.21 Å². The van der Waals surface area contributed by atoms with Crippen LogP contribution in [0.4, 0.5) is 0 Å². The molecule has 0 saturated heterocycles.